The average Bonchev–Trinajstić information content (AvgIpc) is 2.04. The molecule has 0 spiro atoms. The van der Waals surface area contributed by atoms with Crippen LogP contribution in [0.3, 0.4) is 0 Å². The molecule has 3 N–H and O–H groups in total. The summed E-state index contributed by atoms with van der Waals surface area (Å²) in [5.41, 5.74) is 0.476. The van der Waals surface area contributed by atoms with Gasteiger partial charge in [0.2, 0.25) is 0 Å². The molecule has 3 nitrogen and oxygen atoms in total. The third kappa shape index (κ3) is 4.71. The second-order valence-electron chi connectivity index (χ2n) is 3.49. The maximum absolute atomic E-state index is 11.3. The van der Waals surface area contributed by atoms with Crippen molar-refractivity contribution in [2.24, 2.45) is 0 Å². The predicted octanol–water partition coefficient (Wildman–Crippen LogP) is -3.24. The van der Waals surface area contributed by atoms with Gasteiger partial charge < -0.3 is 0 Å². The van der Waals surface area contributed by atoms with Crippen LogP contribution in [0.1, 0.15) is 26.2 Å². The summed E-state index contributed by atoms with van der Waals surface area (Å²) >= 11 is 0.471. The topological polar surface area (TPSA) is 57.5 Å². The van der Waals surface area contributed by atoms with Gasteiger partial charge in [0.25, 0.3) is 0 Å². The van der Waals surface area contributed by atoms with Crippen molar-refractivity contribution < 1.29 is 31.3 Å². The summed E-state index contributed by atoms with van der Waals surface area (Å²) in [6, 6.07) is 0.528. The van der Waals surface area contributed by atoms with Crippen molar-refractivity contribution in [1.82, 2.24) is 0 Å². The van der Waals surface area contributed by atoms with E-state index in [9.17, 15) is 4.79 Å². The quantitative estimate of drug-likeness (QED) is 0.321. The Bertz CT molecular complexity index is 200. The number of hydrogen-bond acceptors (Lipinski definition) is 2. The van der Waals surface area contributed by atoms with Crippen molar-refractivity contribution in [3.63, 3.8) is 0 Å². The molecule has 0 unspecified atom stereocenters. The zero-order chi connectivity index (χ0) is 9.68. The average molecular weight is 296 g/mol. The van der Waals surface area contributed by atoms with Crippen molar-refractivity contribution in [3.05, 3.63) is 0 Å². The minimum atomic E-state index is 0.151. The van der Waals surface area contributed by atoms with Gasteiger partial charge in [-0.15, -0.1) is 0 Å². The molecule has 1 saturated heterocycles. The van der Waals surface area contributed by atoms with Crippen LogP contribution in [-0.4, -0.2) is 26.5 Å². The third-order valence-electron chi connectivity index (χ3n) is 2.09. The number of amides is 1. The summed E-state index contributed by atoms with van der Waals surface area (Å²) in [7, 11) is 0. The number of nitrogens with one attached hydrogen (secondary N) is 1. The van der Waals surface area contributed by atoms with Gasteiger partial charge in [-0.05, 0) is 0 Å². The van der Waals surface area contributed by atoms with Crippen LogP contribution in [0.2, 0.25) is 0 Å². The summed E-state index contributed by atoms with van der Waals surface area (Å²) in [5, 5.41) is 9.07. The fourth-order valence-electron chi connectivity index (χ4n) is 1.42. The number of carbonyl (C=O) groups excluding carboxylic acids is 1. The van der Waals surface area contributed by atoms with Gasteiger partial charge in [0.05, 0.1) is 0 Å². The van der Waals surface area contributed by atoms with Crippen LogP contribution in [0.5, 0.6) is 0 Å². The zero-order valence-electron chi connectivity index (χ0n) is 7.98. The van der Waals surface area contributed by atoms with E-state index in [4.69, 9.17) is 5.41 Å². The summed E-state index contributed by atoms with van der Waals surface area (Å²) in [6.45, 7) is 1.69. The molecule has 0 aromatic heterocycles. The molecule has 0 radical (unpaired) electrons. The molecular weight excluding hydrogens is 279 g/mol. The van der Waals surface area contributed by atoms with E-state index in [2.05, 4.69) is 0 Å². The first-order valence-corrected chi connectivity index (χ1v) is 7.69. The van der Waals surface area contributed by atoms with Crippen molar-refractivity contribution >= 4 is 11.6 Å². The molecule has 0 aliphatic carbocycles. The van der Waals surface area contributed by atoms with E-state index in [1.165, 1.54) is 21.7 Å². The molecule has 1 aliphatic heterocycles. The first-order valence-electron chi connectivity index (χ1n) is 4.63. The molecule has 0 aromatic rings. The molecule has 0 bridgehead atoms. The van der Waals surface area contributed by atoms with Crippen molar-refractivity contribution in [2.45, 2.75) is 32.2 Å². The van der Waals surface area contributed by atoms with Crippen LogP contribution in [0, 0.1) is 5.41 Å². The number of halogens is 1. The van der Waals surface area contributed by atoms with Gasteiger partial charge in [-0.1, -0.05) is 0 Å². The number of carbonyl (C=O) groups is 1. The Labute approximate surface area is 89.4 Å². The van der Waals surface area contributed by atoms with Gasteiger partial charge in [-0.25, -0.2) is 0 Å². The SMILES string of the molecule is CC(=N)CC(=O)[NH2+]C1CC[I-]CC1. The Morgan fingerprint density at radius 1 is 1.54 bits per heavy atom. The minimum absolute atomic E-state index is 0.151. The van der Waals surface area contributed by atoms with Crippen LogP contribution in [0.25, 0.3) is 0 Å². The second-order valence-corrected chi connectivity index (χ2v) is 6.73. The Balaban J connectivity index is 2.22. The third-order valence-corrected chi connectivity index (χ3v) is 4.86. The molecule has 0 saturated carbocycles. The van der Waals surface area contributed by atoms with E-state index >= 15 is 0 Å². The van der Waals surface area contributed by atoms with E-state index in [1.54, 1.807) is 6.92 Å². The van der Waals surface area contributed by atoms with Crippen molar-refractivity contribution in [2.75, 3.05) is 8.86 Å². The number of quaternary nitrogens is 1. The summed E-state index contributed by atoms with van der Waals surface area (Å²) in [5.74, 6) is 0.151. The summed E-state index contributed by atoms with van der Waals surface area (Å²) < 4.78 is 2.74. The summed E-state index contributed by atoms with van der Waals surface area (Å²) in [4.78, 5) is 11.3. The van der Waals surface area contributed by atoms with E-state index < -0.39 is 0 Å². The van der Waals surface area contributed by atoms with Crippen LogP contribution >= 0.6 is 0 Å². The number of nitrogens with two attached hydrogens (primary N) is 1. The molecule has 0 aromatic carbocycles. The van der Waals surface area contributed by atoms with Gasteiger partial charge in [0, 0.05) is 0 Å². The standard InChI is InChI=1S/C9H16IN2O/c1-7(11)6-9(13)12-8-2-4-10-5-3-8/h8,11H,2-6H2,1H3,(H,12,13)/q-1/p+1. The number of primary amides is 1. The normalized spacial score (nSPS) is 19.2. The van der Waals surface area contributed by atoms with Gasteiger partial charge in [0.15, 0.2) is 0 Å². The Morgan fingerprint density at radius 3 is 2.69 bits per heavy atom. The molecule has 0 atom stereocenters. The Kier molecular flexibility index (Phi) is 4.87. The fourth-order valence-corrected chi connectivity index (χ4v) is 4.44. The molecule has 1 amide bonds. The van der Waals surface area contributed by atoms with E-state index in [1.807, 2.05) is 5.32 Å². The van der Waals surface area contributed by atoms with Gasteiger partial charge in [-0.3, -0.25) is 0 Å². The van der Waals surface area contributed by atoms with Gasteiger partial charge in [-0.2, -0.15) is 0 Å². The predicted molar refractivity (Wildman–Crippen MR) is 47.7 cm³/mol. The molecule has 4 heteroatoms. The molecule has 76 valence electrons. The first-order chi connectivity index (χ1) is 6.18. The van der Waals surface area contributed by atoms with Crippen LogP contribution in [0.4, 0.5) is 0 Å². The molecule has 1 rings (SSSR count). The van der Waals surface area contributed by atoms with Crippen LogP contribution in [-0.2, 0) is 4.79 Å². The molecule has 1 heterocycles. The Hall–Kier alpha value is 0.0300. The first kappa shape index (κ1) is 11.1. The molecule has 1 fully saturated rings. The number of hydrogen-bond donors (Lipinski definition) is 2. The Morgan fingerprint density at radius 2 is 2.15 bits per heavy atom. The van der Waals surface area contributed by atoms with Crippen LogP contribution in [0.15, 0.2) is 0 Å². The second kappa shape index (κ2) is 5.70. The molecular formula is C9H17IN2O. The van der Waals surface area contributed by atoms with Gasteiger partial charge >= 0.3 is 89.4 Å². The number of rotatable bonds is 3. The summed E-state index contributed by atoms with van der Waals surface area (Å²) in [6.07, 6.45) is 2.76. The van der Waals surface area contributed by atoms with E-state index in [-0.39, 0.29) is 5.91 Å². The van der Waals surface area contributed by atoms with Gasteiger partial charge in [0.1, 0.15) is 0 Å². The molecule has 1 aliphatic rings. The monoisotopic (exact) mass is 296 g/mol. The fraction of sp³-hybridized carbons (Fsp3) is 0.778. The van der Waals surface area contributed by atoms with Crippen LogP contribution < -0.4 is 26.5 Å². The van der Waals surface area contributed by atoms with Crippen molar-refractivity contribution in [3.8, 4) is 0 Å². The van der Waals surface area contributed by atoms with E-state index in [0.717, 1.165) is 0 Å². The zero-order valence-corrected chi connectivity index (χ0v) is 10.1. The molecule has 13 heavy (non-hydrogen) atoms. The maximum atomic E-state index is 11.3. The number of alkyl halides is 2. The van der Waals surface area contributed by atoms with Crippen molar-refractivity contribution in [1.29, 1.82) is 5.41 Å². The van der Waals surface area contributed by atoms with E-state index in [0.29, 0.717) is 39.4 Å².